The number of hydrogen-bond acceptors (Lipinski definition) is 7. The maximum absolute atomic E-state index is 14.7. The van der Waals surface area contributed by atoms with Gasteiger partial charge in [-0.05, 0) is 66.4 Å². The molecule has 10 nitrogen and oxygen atoms in total. The van der Waals surface area contributed by atoms with Gasteiger partial charge in [-0.25, -0.2) is 8.42 Å². The van der Waals surface area contributed by atoms with Crippen LogP contribution in [-0.2, 0) is 32.6 Å². The number of anilines is 1. The Morgan fingerprint density at radius 3 is 2.14 bits per heavy atom. The lowest BCUT2D eigenvalue weighted by Crippen LogP contribution is -2.53. The first-order valence-electron chi connectivity index (χ1n) is 16.3. The minimum atomic E-state index is -4.39. The van der Waals surface area contributed by atoms with E-state index < -0.39 is 28.5 Å². The number of halogens is 1. The van der Waals surface area contributed by atoms with Gasteiger partial charge < -0.3 is 24.4 Å². The van der Waals surface area contributed by atoms with Crippen LogP contribution < -0.4 is 23.8 Å². The number of carbonyl (C=O) groups is 2. The first-order chi connectivity index (χ1) is 24.0. The van der Waals surface area contributed by atoms with Gasteiger partial charge in [-0.3, -0.25) is 13.9 Å². The monoisotopic (exact) mass is 721 g/mol. The molecule has 1 unspecified atom stereocenters. The molecule has 0 aliphatic carbocycles. The highest BCUT2D eigenvalue weighted by Crippen LogP contribution is 2.33. The first-order valence-corrected chi connectivity index (χ1v) is 18.1. The highest BCUT2D eigenvalue weighted by atomic mass is 35.5. The number of rotatable bonds is 17. The van der Waals surface area contributed by atoms with Crippen LogP contribution in [0.2, 0.25) is 5.02 Å². The van der Waals surface area contributed by atoms with Crippen molar-refractivity contribution in [2.45, 2.75) is 44.7 Å². The molecular weight excluding hydrogens is 678 g/mol. The SMILES string of the molecule is CCOc1ccc(N(CC(=O)N(Cc2ccccc2Cl)C(Cc2ccccc2)C(=O)NCC(C)C)S(=O)(=O)c2ccc(OC)c(OC)c2)cc1. The van der Waals surface area contributed by atoms with E-state index in [0.717, 1.165) is 9.87 Å². The van der Waals surface area contributed by atoms with Crippen LogP contribution in [0.4, 0.5) is 5.69 Å². The average molecular weight is 722 g/mol. The van der Waals surface area contributed by atoms with E-state index in [0.29, 0.717) is 35.2 Å². The van der Waals surface area contributed by atoms with E-state index in [4.69, 9.17) is 25.8 Å². The predicted molar refractivity (Wildman–Crippen MR) is 195 cm³/mol. The number of hydrogen-bond donors (Lipinski definition) is 1. The number of nitrogens with zero attached hydrogens (tertiary/aromatic N) is 2. The second-order valence-electron chi connectivity index (χ2n) is 11.9. The number of carbonyl (C=O) groups excluding carboxylic acids is 2. The molecule has 4 rings (SSSR count). The molecule has 0 heterocycles. The van der Waals surface area contributed by atoms with E-state index in [2.05, 4.69) is 5.32 Å². The Hall–Kier alpha value is -4.74. The molecule has 0 spiro atoms. The van der Waals surface area contributed by atoms with Crippen LogP contribution in [0.5, 0.6) is 17.2 Å². The third kappa shape index (κ3) is 9.70. The number of methoxy groups -OCH3 is 2. The van der Waals surface area contributed by atoms with Gasteiger partial charge in [0.25, 0.3) is 10.0 Å². The van der Waals surface area contributed by atoms with Crippen molar-refractivity contribution in [3.8, 4) is 17.2 Å². The summed E-state index contributed by atoms with van der Waals surface area (Å²) < 4.78 is 46.3. The van der Waals surface area contributed by atoms with Gasteiger partial charge in [-0.1, -0.05) is 74.0 Å². The zero-order valence-electron chi connectivity index (χ0n) is 29.0. The van der Waals surface area contributed by atoms with Crippen LogP contribution >= 0.6 is 11.6 Å². The Labute approximate surface area is 300 Å². The van der Waals surface area contributed by atoms with Crippen molar-refractivity contribution >= 4 is 39.1 Å². The fourth-order valence-corrected chi connectivity index (χ4v) is 6.92. The molecule has 0 radical (unpaired) electrons. The molecule has 12 heteroatoms. The van der Waals surface area contributed by atoms with Gasteiger partial charge in [0.1, 0.15) is 18.3 Å². The minimum absolute atomic E-state index is 0.0430. The lowest BCUT2D eigenvalue weighted by atomic mass is 10.0. The van der Waals surface area contributed by atoms with E-state index in [1.807, 2.05) is 51.1 Å². The molecular formula is C38H44ClN3O7S. The lowest BCUT2D eigenvalue weighted by molar-refractivity contribution is -0.140. The van der Waals surface area contributed by atoms with Crippen LogP contribution in [0, 0.1) is 5.92 Å². The minimum Gasteiger partial charge on any atom is -0.494 e. The van der Waals surface area contributed by atoms with Crippen molar-refractivity contribution < 1.29 is 32.2 Å². The van der Waals surface area contributed by atoms with Crippen LogP contribution in [0.15, 0.2) is 102 Å². The number of benzene rings is 4. The number of nitrogens with one attached hydrogen (secondary N) is 1. The molecule has 0 saturated carbocycles. The largest absolute Gasteiger partial charge is 0.494 e. The van der Waals surface area contributed by atoms with Crippen LogP contribution in [0.3, 0.4) is 0 Å². The summed E-state index contributed by atoms with van der Waals surface area (Å²) >= 11 is 6.59. The normalized spacial score (nSPS) is 11.8. The Kier molecular flexibility index (Phi) is 13.5. The molecule has 0 aromatic heterocycles. The van der Waals surface area contributed by atoms with Gasteiger partial charge in [0.05, 0.1) is 31.4 Å². The van der Waals surface area contributed by atoms with Crippen LogP contribution in [0.1, 0.15) is 31.9 Å². The van der Waals surface area contributed by atoms with Crippen molar-refractivity contribution in [1.82, 2.24) is 10.2 Å². The fraction of sp³-hybridized carbons (Fsp3) is 0.316. The highest BCUT2D eigenvalue weighted by molar-refractivity contribution is 7.92. The van der Waals surface area contributed by atoms with Crippen molar-refractivity contribution in [3.05, 3.63) is 113 Å². The molecule has 266 valence electrons. The molecule has 2 amide bonds. The topological polar surface area (TPSA) is 114 Å². The summed E-state index contributed by atoms with van der Waals surface area (Å²) in [6, 6.07) is 26.1. The summed E-state index contributed by atoms with van der Waals surface area (Å²) in [7, 11) is -1.53. The van der Waals surface area contributed by atoms with Crippen molar-refractivity contribution in [3.63, 3.8) is 0 Å². The molecule has 1 atom stereocenters. The summed E-state index contributed by atoms with van der Waals surface area (Å²) in [5.41, 5.74) is 1.65. The Balaban J connectivity index is 1.84. The second kappa shape index (κ2) is 17.8. The Bertz CT molecular complexity index is 1840. The fourth-order valence-electron chi connectivity index (χ4n) is 5.29. The molecule has 0 saturated heterocycles. The molecule has 0 bridgehead atoms. The van der Waals surface area contributed by atoms with Crippen LogP contribution in [0.25, 0.3) is 0 Å². The van der Waals surface area contributed by atoms with Crippen molar-refractivity contribution in [2.24, 2.45) is 5.92 Å². The summed E-state index contributed by atoms with van der Waals surface area (Å²) in [5, 5.41) is 3.39. The summed E-state index contributed by atoms with van der Waals surface area (Å²) in [5.74, 6) is 0.276. The molecule has 0 fully saturated rings. The van der Waals surface area contributed by atoms with Crippen LogP contribution in [-0.4, -0.2) is 65.1 Å². The number of amides is 2. The van der Waals surface area contributed by atoms with E-state index in [1.165, 1.54) is 37.3 Å². The van der Waals surface area contributed by atoms with Gasteiger partial charge >= 0.3 is 0 Å². The predicted octanol–water partition coefficient (Wildman–Crippen LogP) is 6.36. The molecule has 1 N–H and O–H groups in total. The molecule has 4 aromatic carbocycles. The highest BCUT2D eigenvalue weighted by Gasteiger charge is 2.35. The van der Waals surface area contributed by atoms with Gasteiger partial charge in [0.15, 0.2) is 11.5 Å². The van der Waals surface area contributed by atoms with Gasteiger partial charge in [0, 0.05) is 30.6 Å². The van der Waals surface area contributed by atoms with Gasteiger partial charge in [-0.2, -0.15) is 0 Å². The van der Waals surface area contributed by atoms with Crippen molar-refractivity contribution in [1.29, 1.82) is 0 Å². The van der Waals surface area contributed by atoms with E-state index in [-0.39, 0.29) is 41.1 Å². The molecule has 4 aromatic rings. The first kappa shape index (κ1) is 38.1. The maximum atomic E-state index is 14.7. The third-order valence-corrected chi connectivity index (χ3v) is 10.1. The zero-order chi connectivity index (χ0) is 36.3. The third-order valence-electron chi connectivity index (χ3n) is 7.91. The number of ether oxygens (including phenoxy) is 3. The maximum Gasteiger partial charge on any atom is 0.264 e. The Morgan fingerprint density at radius 2 is 1.52 bits per heavy atom. The molecule has 0 aliphatic heterocycles. The van der Waals surface area contributed by atoms with E-state index >= 15 is 0 Å². The van der Waals surface area contributed by atoms with Gasteiger partial charge in [0.2, 0.25) is 11.8 Å². The standard InChI is InChI=1S/C38H44ClN3O7S/c1-6-49-31-18-16-30(17-19-31)42(50(45,46)32-20-21-35(47-4)36(23-32)48-5)26-37(43)41(25-29-14-10-11-15-33(29)39)34(38(44)40-24-27(2)3)22-28-12-8-7-9-13-28/h7-21,23,27,34H,6,22,24-26H2,1-5H3,(H,40,44). The summed E-state index contributed by atoms with van der Waals surface area (Å²) in [6.45, 7) is 5.95. The zero-order valence-corrected chi connectivity index (χ0v) is 30.5. The molecule has 50 heavy (non-hydrogen) atoms. The molecule has 0 aliphatic rings. The second-order valence-corrected chi connectivity index (χ2v) is 14.2. The average Bonchev–Trinajstić information content (AvgIpc) is 3.12. The lowest BCUT2D eigenvalue weighted by Gasteiger charge is -2.34. The summed E-state index contributed by atoms with van der Waals surface area (Å²) in [6.07, 6.45) is 0.187. The van der Waals surface area contributed by atoms with E-state index in [9.17, 15) is 18.0 Å². The summed E-state index contributed by atoms with van der Waals surface area (Å²) in [4.78, 5) is 30.0. The van der Waals surface area contributed by atoms with Crippen molar-refractivity contribution in [2.75, 3.05) is 38.2 Å². The smallest absolute Gasteiger partial charge is 0.264 e. The Morgan fingerprint density at radius 1 is 0.860 bits per heavy atom. The number of sulfonamides is 1. The van der Waals surface area contributed by atoms with Gasteiger partial charge in [-0.15, -0.1) is 0 Å². The van der Waals surface area contributed by atoms with E-state index in [1.54, 1.807) is 48.5 Å². The quantitative estimate of drug-likeness (QED) is 0.135.